The summed E-state index contributed by atoms with van der Waals surface area (Å²) in [6.07, 6.45) is 1.47. The van der Waals surface area contributed by atoms with Gasteiger partial charge in [-0.25, -0.2) is 8.78 Å². The van der Waals surface area contributed by atoms with Crippen LogP contribution in [-0.4, -0.2) is 15.2 Å². The molecular weight excluding hydrogens is 312 g/mol. The second-order valence-corrected chi connectivity index (χ2v) is 5.36. The largest absolute Gasteiger partial charge is 0.339 e. The van der Waals surface area contributed by atoms with Gasteiger partial charge >= 0.3 is 0 Å². The molecule has 0 radical (unpaired) electrons. The van der Waals surface area contributed by atoms with Crippen LogP contribution in [-0.2, 0) is 0 Å². The molecule has 2 N–H and O–H groups in total. The smallest absolute Gasteiger partial charge is 0.249 e. The summed E-state index contributed by atoms with van der Waals surface area (Å²) in [4.78, 5) is 4.24. The molecule has 0 fully saturated rings. The van der Waals surface area contributed by atoms with E-state index in [-0.39, 0.29) is 11.6 Å². The van der Waals surface area contributed by atoms with E-state index in [4.69, 9.17) is 0 Å². The molecular formula is C17H15F2N5. The summed E-state index contributed by atoms with van der Waals surface area (Å²) in [5.41, 5.74) is 3.13. The van der Waals surface area contributed by atoms with E-state index in [9.17, 15) is 8.78 Å². The molecule has 3 aromatic rings. The summed E-state index contributed by atoms with van der Waals surface area (Å²) in [5, 5.41) is 13.5. The Labute approximate surface area is 137 Å². The van der Waals surface area contributed by atoms with Crippen LogP contribution in [0.25, 0.3) is 0 Å². The van der Waals surface area contributed by atoms with E-state index in [1.54, 1.807) is 0 Å². The number of aryl methyl sites for hydroxylation is 2. The lowest BCUT2D eigenvalue weighted by Gasteiger charge is -2.11. The molecule has 0 saturated heterocycles. The van der Waals surface area contributed by atoms with Crippen molar-refractivity contribution in [3.63, 3.8) is 0 Å². The van der Waals surface area contributed by atoms with Crippen molar-refractivity contribution in [3.05, 3.63) is 65.4 Å². The molecule has 0 amide bonds. The average Bonchev–Trinajstić information content (AvgIpc) is 2.54. The van der Waals surface area contributed by atoms with Gasteiger partial charge in [-0.3, -0.25) is 0 Å². The number of anilines is 4. The number of hydrogen-bond donors (Lipinski definition) is 2. The molecule has 0 saturated carbocycles. The molecule has 1 heterocycles. The molecule has 0 spiro atoms. The van der Waals surface area contributed by atoms with Gasteiger partial charge in [0, 0.05) is 11.8 Å². The fourth-order valence-corrected chi connectivity index (χ4v) is 2.14. The number of aromatic nitrogens is 3. The number of nitrogens with one attached hydrogen (secondary N) is 2. The van der Waals surface area contributed by atoms with Gasteiger partial charge in [-0.1, -0.05) is 12.1 Å². The molecule has 24 heavy (non-hydrogen) atoms. The van der Waals surface area contributed by atoms with Crippen LogP contribution < -0.4 is 10.6 Å². The lowest BCUT2D eigenvalue weighted by Crippen LogP contribution is -2.04. The highest BCUT2D eigenvalue weighted by Gasteiger charge is 2.08. The van der Waals surface area contributed by atoms with Crippen LogP contribution in [0.5, 0.6) is 0 Å². The normalized spacial score (nSPS) is 10.5. The summed E-state index contributed by atoms with van der Waals surface area (Å²) in [7, 11) is 0. The van der Waals surface area contributed by atoms with E-state index in [1.165, 1.54) is 12.3 Å². The summed E-state index contributed by atoms with van der Waals surface area (Å²) >= 11 is 0. The standard InChI is InChI=1S/C17H15F2N5/c1-10-3-4-11(2)15(7-10)21-16-9-20-24-17(23-16)22-14-6-5-12(18)8-13(14)19/h3-9H,1-2H3,(H2,21,22,23,24). The maximum Gasteiger partial charge on any atom is 0.249 e. The van der Waals surface area contributed by atoms with Crippen LogP contribution in [0.4, 0.5) is 31.9 Å². The molecule has 122 valence electrons. The van der Waals surface area contributed by atoms with Gasteiger partial charge < -0.3 is 10.6 Å². The molecule has 0 aliphatic heterocycles. The third-order valence-electron chi connectivity index (χ3n) is 3.39. The van der Waals surface area contributed by atoms with Gasteiger partial charge in [0.15, 0.2) is 5.82 Å². The Morgan fingerprint density at radius 2 is 1.75 bits per heavy atom. The highest BCUT2D eigenvalue weighted by molar-refractivity contribution is 5.62. The number of rotatable bonds is 4. The van der Waals surface area contributed by atoms with Crippen LogP contribution in [0.3, 0.4) is 0 Å². The van der Waals surface area contributed by atoms with Crippen LogP contribution in [0.15, 0.2) is 42.6 Å². The first-order valence-electron chi connectivity index (χ1n) is 7.27. The minimum Gasteiger partial charge on any atom is -0.339 e. The zero-order chi connectivity index (χ0) is 17.1. The highest BCUT2D eigenvalue weighted by Crippen LogP contribution is 2.22. The first-order chi connectivity index (χ1) is 11.5. The molecule has 0 unspecified atom stereocenters. The summed E-state index contributed by atoms with van der Waals surface area (Å²) in [6, 6.07) is 9.22. The molecule has 0 aliphatic carbocycles. The maximum absolute atomic E-state index is 13.7. The summed E-state index contributed by atoms with van der Waals surface area (Å²) in [5.74, 6) is -0.812. The van der Waals surface area contributed by atoms with Crippen molar-refractivity contribution < 1.29 is 8.78 Å². The maximum atomic E-state index is 13.7. The Morgan fingerprint density at radius 1 is 0.917 bits per heavy atom. The van der Waals surface area contributed by atoms with Crippen LogP contribution >= 0.6 is 0 Å². The zero-order valence-electron chi connectivity index (χ0n) is 13.1. The number of halogens is 2. The molecule has 3 rings (SSSR count). The third kappa shape index (κ3) is 3.62. The molecule has 0 atom stereocenters. The molecule has 5 nitrogen and oxygen atoms in total. The Morgan fingerprint density at radius 3 is 2.54 bits per heavy atom. The number of hydrogen-bond acceptors (Lipinski definition) is 5. The predicted octanol–water partition coefficient (Wildman–Crippen LogP) is 4.25. The van der Waals surface area contributed by atoms with Crippen molar-refractivity contribution >= 4 is 23.1 Å². The lowest BCUT2D eigenvalue weighted by molar-refractivity contribution is 0.586. The van der Waals surface area contributed by atoms with Gasteiger partial charge in [-0.15, -0.1) is 5.10 Å². The molecule has 1 aromatic heterocycles. The van der Waals surface area contributed by atoms with Gasteiger partial charge in [0.25, 0.3) is 0 Å². The minimum absolute atomic E-state index is 0.0714. The van der Waals surface area contributed by atoms with E-state index in [2.05, 4.69) is 25.8 Å². The van der Waals surface area contributed by atoms with Gasteiger partial charge in [0.05, 0.1) is 11.9 Å². The second kappa shape index (κ2) is 6.57. The van der Waals surface area contributed by atoms with Crippen molar-refractivity contribution in [2.75, 3.05) is 10.6 Å². The number of nitrogens with zero attached hydrogens (tertiary/aromatic N) is 3. The van der Waals surface area contributed by atoms with Gasteiger partial charge in [-0.2, -0.15) is 10.1 Å². The second-order valence-electron chi connectivity index (χ2n) is 5.36. The first-order valence-corrected chi connectivity index (χ1v) is 7.27. The molecule has 0 aliphatic rings. The fourth-order valence-electron chi connectivity index (χ4n) is 2.14. The Balaban J connectivity index is 1.82. The van der Waals surface area contributed by atoms with E-state index < -0.39 is 11.6 Å². The third-order valence-corrected chi connectivity index (χ3v) is 3.39. The first kappa shape index (κ1) is 15.8. The summed E-state index contributed by atoms with van der Waals surface area (Å²) in [6.45, 7) is 3.97. The quantitative estimate of drug-likeness (QED) is 0.750. The Bertz CT molecular complexity index is 883. The fraction of sp³-hybridized carbons (Fsp3) is 0.118. The summed E-state index contributed by atoms with van der Waals surface area (Å²) < 4.78 is 26.6. The van der Waals surface area contributed by atoms with Gasteiger partial charge in [0.1, 0.15) is 11.6 Å². The monoisotopic (exact) mass is 327 g/mol. The van der Waals surface area contributed by atoms with Gasteiger partial charge in [0.2, 0.25) is 5.95 Å². The Kier molecular flexibility index (Phi) is 4.33. The van der Waals surface area contributed by atoms with Crippen molar-refractivity contribution in [2.24, 2.45) is 0 Å². The predicted molar refractivity (Wildman–Crippen MR) is 88.7 cm³/mol. The lowest BCUT2D eigenvalue weighted by atomic mass is 10.1. The van der Waals surface area contributed by atoms with Crippen molar-refractivity contribution in [2.45, 2.75) is 13.8 Å². The van der Waals surface area contributed by atoms with E-state index >= 15 is 0 Å². The Hall–Kier alpha value is -3.09. The number of benzene rings is 2. The van der Waals surface area contributed by atoms with Crippen molar-refractivity contribution in [3.8, 4) is 0 Å². The van der Waals surface area contributed by atoms with Crippen LogP contribution in [0, 0.1) is 25.5 Å². The topological polar surface area (TPSA) is 62.7 Å². The van der Waals surface area contributed by atoms with Crippen LogP contribution in [0.1, 0.15) is 11.1 Å². The molecule has 2 aromatic carbocycles. The van der Waals surface area contributed by atoms with Crippen LogP contribution in [0.2, 0.25) is 0 Å². The highest BCUT2D eigenvalue weighted by atomic mass is 19.1. The molecule has 0 bridgehead atoms. The molecule has 7 heteroatoms. The van der Waals surface area contributed by atoms with Gasteiger partial charge in [-0.05, 0) is 43.2 Å². The van der Waals surface area contributed by atoms with Crippen molar-refractivity contribution in [1.29, 1.82) is 0 Å². The zero-order valence-corrected chi connectivity index (χ0v) is 13.1. The van der Waals surface area contributed by atoms with E-state index in [0.29, 0.717) is 5.82 Å². The van der Waals surface area contributed by atoms with E-state index in [1.807, 2.05) is 32.0 Å². The minimum atomic E-state index is -0.730. The van der Waals surface area contributed by atoms with Crippen molar-refractivity contribution in [1.82, 2.24) is 15.2 Å². The van der Waals surface area contributed by atoms with E-state index in [0.717, 1.165) is 28.9 Å². The SMILES string of the molecule is Cc1ccc(C)c(Nc2cnnc(Nc3ccc(F)cc3F)n2)c1. The average molecular weight is 327 g/mol.